The van der Waals surface area contributed by atoms with Crippen LogP contribution in [0.15, 0.2) is 18.2 Å². The van der Waals surface area contributed by atoms with Crippen LogP contribution >= 0.6 is 22.9 Å². The molecule has 1 aliphatic carbocycles. The van der Waals surface area contributed by atoms with Gasteiger partial charge in [-0.15, -0.1) is 11.3 Å². The van der Waals surface area contributed by atoms with E-state index in [1.54, 1.807) is 0 Å². The van der Waals surface area contributed by atoms with E-state index in [-0.39, 0.29) is 0 Å². The molecule has 1 saturated carbocycles. The number of benzene rings is 1. The number of hydrogen-bond donors (Lipinski definition) is 0. The summed E-state index contributed by atoms with van der Waals surface area (Å²) in [5, 5.41) is 10.7. The van der Waals surface area contributed by atoms with Gasteiger partial charge in [0.1, 0.15) is 28.3 Å². The summed E-state index contributed by atoms with van der Waals surface area (Å²) in [7, 11) is 0. The van der Waals surface area contributed by atoms with Crippen molar-refractivity contribution in [2.45, 2.75) is 32.3 Å². The lowest BCUT2D eigenvalue weighted by Gasteiger charge is -2.07. The van der Waals surface area contributed by atoms with Crippen molar-refractivity contribution in [1.82, 2.24) is 4.98 Å². The molecule has 0 aliphatic heterocycles. The molecule has 0 radical (unpaired) electrons. The van der Waals surface area contributed by atoms with Crippen LogP contribution in [-0.4, -0.2) is 4.98 Å². The van der Waals surface area contributed by atoms with E-state index in [0.717, 1.165) is 39.7 Å². The Balaban J connectivity index is 1.73. The number of nitrogens with zero attached hydrogens (tertiary/aromatic N) is 2. The number of rotatable bonds is 4. The predicted octanol–water partition coefficient (Wildman–Crippen LogP) is 4.43. The summed E-state index contributed by atoms with van der Waals surface area (Å²) in [6.07, 6.45) is 2.30. The van der Waals surface area contributed by atoms with Crippen molar-refractivity contribution in [2.24, 2.45) is 0 Å². The maximum atomic E-state index is 9.13. The normalized spacial score (nSPS) is 14.1. The maximum Gasteiger partial charge on any atom is 0.140 e. The molecule has 20 heavy (non-hydrogen) atoms. The summed E-state index contributed by atoms with van der Waals surface area (Å²) in [4.78, 5) is 5.29. The summed E-state index contributed by atoms with van der Waals surface area (Å²) in [6.45, 7) is 2.36. The van der Waals surface area contributed by atoms with Gasteiger partial charge in [0.25, 0.3) is 0 Å². The lowest BCUT2D eigenvalue weighted by Crippen LogP contribution is -1.96. The molecule has 0 saturated heterocycles. The number of hydrogen-bond acceptors (Lipinski definition) is 4. The number of nitriles is 1. The van der Waals surface area contributed by atoms with Crippen molar-refractivity contribution in [3.8, 4) is 11.8 Å². The number of ether oxygens (including phenoxy) is 1. The molecule has 3 rings (SSSR count). The molecule has 0 N–H and O–H groups in total. The summed E-state index contributed by atoms with van der Waals surface area (Å²) in [5.74, 6) is 1.29. The van der Waals surface area contributed by atoms with Crippen molar-refractivity contribution >= 4 is 22.9 Å². The molecule has 2 aromatic rings. The Morgan fingerprint density at radius 1 is 1.50 bits per heavy atom. The number of aryl methyl sites for hydroxylation is 1. The van der Waals surface area contributed by atoms with Gasteiger partial charge in [-0.25, -0.2) is 4.98 Å². The van der Waals surface area contributed by atoms with E-state index in [2.05, 4.69) is 11.1 Å². The molecule has 0 atom stereocenters. The molecular formula is C15H13ClN2OS. The van der Waals surface area contributed by atoms with Gasteiger partial charge in [0.15, 0.2) is 0 Å². The third-order valence-electron chi connectivity index (χ3n) is 3.25. The van der Waals surface area contributed by atoms with Crippen molar-refractivity contribution in [3.63, 3.8) is 0 Å². The minimum atomic E-state index is 0.397. The molecule has 1 aromatic carbocycles. The number of halogens is 1. The second-order valence-electron chi connectivity index (χ2n) is 4.91. The Morgan fingerprint density at radius 3 is 2.95 bits per heavy atom. The number of aromatic nitrogens is 1. The van der Waals surface area contributed by atoms with Crippen LogP contribution in [0.4, 0.5) is 0 Å². The summed E-state index contributed by atoms with van der Waals surface area (Å²) >= 11 is 7.35. The highest BCUT2D eigenvalue weighted by Crippen LogP contribution is 2.42. The van der Waals surface area contributed by atoms with E-state index in [4.69, 9.17) is 21.6 Å². The molecule has 0 bridgehead atoms. The highest BCUT2D eigenvalue weighted by Gasteiger charge is 2.29. The van der Waals surface area contributed by atoms with Crippen LogP contribution < -0.4 is 4.74 Å². The van der Waals surface area contributed by atoms with Gasteiger partial charge in [-0.05, 0) is 43.5 Å². The van der Waals surface area contributed by atoms with Crippen LogP contribution in [0, 0.1) is 18.3 Å². The maximum absolute atomic E-state index is 9.13. The summed E-state index contributed by atoms with van der Waals surface area (Å²) in [5.41, 5.74) is 1.96. The van der Waals surface area contributed by atoms with E-state index in [9.17, 15) is 0 Å². The molecule has 1 aliphatic rings. The minimum absolute atomic E-state index is 0.397. The topological polar surface area (TPSA) is 45.9 Å². The first-order chi connectivity index (χ1) is 9.67. The van der Waals surface area contributed by atoms with Gasteiger partial charge in [-0.1, -0.05) is 11.6 Å². The van der Waals surface area contributed by atoms with Gasteiger partial charge < -0.3 is 4.74 Å². The third-order valence-corrected chi connectivity index (χ3v) is 4.44. The van der Waals surface area contributed by atoms with Gasteiger partial charge in [0.2, 0.25) is 0 Å². The van der Waals surface area contributed by atoms with Gasteiger partial charge in [0, 0.05) is 10.9 Å². The van der Waals surface area contributed by atoms with Crippen LogP contribution in [0.2, 0.25) is 5.02 Å². The Kier molecular flexibility index (Phi) is 3.64. The smallest absolute Gasteiger partial charge is 0.140 e. The Morgan fingerprint density at radius 2 is 2.30 bits per heavy atom. The lowest BCUT2D eigenvalue weighted by molar-refractivity contribution is 0.303. The average molecular weight is 305 g/mol. The molecule has 102 valence electrons. The molecule has 3 nitrogen and oxygen atoms in total. The van der Waals surface area contributed by atoms with Gasteiger partial charge in [0.05, 0.1) is 5.69 Å². The van der Waals surface area contributed by atoms with Gasteiger partial charge in [-0.2, -0.15) is 5.26 Å². The molecule has 0 unspecified atom stereocenters. The molecule has 1 aromatic heterocycles. The molecule has 0 spiro atoms. The van der Waals surface area contributed by atoms with E-state index in [1.807, 2.05) is 25.1 Å². The molecule has 1 fully saturated rings. The van der Waals surface area contributed by atoms with E-state index >= 15 is 0 Å². The van der Waals surface area contributed by atoms with Crippen LogP contribution in [0.1, 0.15) is 39.9 Å². The van der Waals surface area contributed by atoms with Crippen molar-refractivity contribution < 1.29 is 4.74 Å². The quantitative estimate of drug-likeness (QED) is 0.839. The molecule has 1 heterocycles. The fraction of sp³-hybridized carbons (Fsp3) is 0.333. The van der Waals surface area contributed by atoms with E-state index in [0.29, 0.717) is 17.5 Å². The number of thiazole rings is 1. The minimum Gasteiger partial charge on any atom is -0.486 e. The third kappa shape index (κ3) is 2.79. The van der Waals surface area contributed by atoms with E-state index in [1.165, 1.54) is 11.3 Å². The zero-order valence-electron chi connectivity index (χ0n) is 11.0. The highest BCUT2D eigenvalue weighted by atomic mass is 35.5. The first-order valence-corrected chi connectivity index (χ1v) is 7.65. The Hall–Kier alpha value is -1.57. The summed E-state index contributed by atoms with van der Waals surface area (Å²) in [6, 6.07) is 7.77. The van der Waals surface area contributed by atoms with E-state index < -0.39 is 0 Å². The van der Waals surface area contributed by atoms with Crippen LogP contribution in [0.25, 0.3) is 0 Å². The monoisotopic (exact) mass is 304 g/mol. The molecule has 5 heteroatoms. The second-order valence-corrected chi connectivity index (χ2v) is 6.43. The van der Waals surface area contributed by atoms with Crippen LogP contribution in [0.5, 0.6) is 5.75 Å². The zero-order valence-corrected chi connectivity index (χ0v) is 12.6. The second kappa shape index (κ2) is 5.43. The highest BCUT2D eigenvalue weighted by molar-refractivity contribution is 7.12. The Labute approximate surface area is 126 Å². The van der Waals surface area contributed by atoms with Crippen LogP contribution in [-0.2, 0) is 6.61 Å². The van der Waals surface area contributed by atoms with Crippen molar-refractivity contribution in [1.29, 1.82) is 5.26 Å². The fourth-order valence-corrected chi connectivity index (χ4v) is 3.15. The molecule has 0 amide bonds. The van der Waals surface area contributed by atoms with Crippen molar-refractivity contribution in [2.75, 3.05) is 0 Å². The Bertz CT molecular complexity index is 686. The zero-order chi connectivity index (χ0) is 14.1. The first-order valence-electron chi connectivity index (χ1n) is 6.46. The lowest BCUT2D eigenvalue weighted by atomic mass is 10.2. The summed E-state index contributed by atoms with van der Waals surface area (Å²) < 4.78 is 5.77. The van der Waals surface area contributed by atoms with Crippen LogP contribution in [0.3, 0.4) is 0 Å². The average Bonchev–Trinajstić information content (AvgIpc) is 3.18. The molecular weight excluding hydrogens is 292 g/mol. The van der Waals surface area contributed by atoms with Gasteiger partial charge in [-0.3, -0.25) is 0 Å². The van der Waals surface area contributed by atoms with Gasteiger partial charge >= 0.3 is 0 Å². The predicted molar refractivity (Wildman–Crippen MR) is 79.3 cm³/mol. The SMILES string of the molecule is Cc1cc(Cl)ccc1OCc1nc(C2CC2)c(C#N)s1. The van der Waals surface area contributed by atoms with Crippen molar-refractivity contribution in [3.05, 3.63) is 44.4 Å². The standard InChI is InChI=1S/C15H13ClN2OS/c1-9-6-11(16)4-5-12(9)19-8-14-18-15(10-2-3-10)13(7-17)20-14/h4-6,10H,2-3,8H2,1H3. The first kappa shape index (κ1) is 13.4. The largest absolute Gasteiger partial charge is 0.486 e. The fourth-order valence-electron chi connectivity index (χ4n) is 2.07.